The molecule has 2 heterocycles. The monoisotopic (exact) mass is 349 g/mol. The average molecular weight is 349 g/mol. The smallest absolute Gasteiger partial charge is 0.259 e. The number of amides is 1. The average Bonchev–Trinajstić information content (AvgIpc) is 2.95. The predicted molar refractivity (Wildman–Crippen MR) is 94.7 cm³/mol. The van der Waals surface area contributed by atoms with Gasteiger partial charge in [-0.25, -0.2) is 4.98 Å². The molecule has 0 unspecified atom stereocenters. The molecule has 7 heteroatoms. The van der Waals surface area contributed by atoms with Gasteiger partial charge in [0.1, 0.15) is 10.7 Å². The lowest BCUT2D eigenvalue weighted by molar-refractivity contribution is -0.121. The molecule has 24 heavy (non-hydrogen) atoms. The van der Waals surface area contributed by atoms with Crippen LogP contribution in [0.5, 0.6) is 0 Å². The second kappa shape index (κ2) is 7.90. The van der Waals surface area contributed by atoms with Crippen molar-refractivity contribution in [3.63, 3.8) is 0 Å². The van der Waals surface area contributed by atoms with Gasteiger partial charge in [0.05, 0.1) is 5.39 Å². The second-order valence-corrected chi connectivity index (χ2v) is 7.18. The van der Waals surface area contributed by atoms with Gasteiger partial charge >= 0.3 is 0 Å². The molecule has 6 nitrogen and oxygen atoms in total. The zero-order chi connectivity index (χ0) is 16.9. The summed E-state index contributed by atoms with van der Waals surface area (Å²) in [5.74, 6) is 0.567. The minimum Gasteiger partial charge on any atom is -0.385 e. The van der Waals surface area contributed by atoms with E-state index < -0.39 is 0 Å². The van der Waals surface area contributed by atoms with Crippen molar-refractivity contribution in [1.29, 1.82) is 0 Å². The fourth-order valence-corrected chi connectivity index (χ4v) is 4.37. The summed E-state index contributed by atoms with van der Waals surface area (Å²) in [6, 6.07) is 0. The van der Waals surface area contributed by atoms with Gasteiger partial charge in [-0.3, -0.25) is 9.59 Å². The van der Waals surface area contributed by atoms with Gasteiger partial charge in [-0.15, -0.1) is 11.3 Å². The summed E-state index contributed by atoms with van der Waals surface area (Å²) in [5.41, 5.74) is 1.13. The van der Waals surface area contributed by atoms with Crippen LogP contribution in [0.2, 0.25) is 0 Å². The van der Waals surface area contributed by atoms with Crippen LogP contribution in [0.4, 0.5) is 0 Å². The van der Waals surface area contributed by atoms with E-state index in [1.54, 1.807) is 18.4 Å². The number of ether oxygens (including phenoxy) is 1. The SMILES string of the molecule is COCCCNC(=O)CCc1nc2sc3c(c2c(=O)[nH]1)CCCC3. The van der Waals surface area contributed by atoms with E-state index in [9.17, 15) is 9.59 Å². The zero-order valence-corrected chi connectivity index (χ0v) is 14.8. The summed E-state index contributed by atoms with van der Waals surface area (Å²) < 4.78 is 4.94. The lowest BCUT2D eigenvalue weighted by atomic mass is 9.97. The number of thiophene rings is 1. The second-order valence-electron chi connectivity index (χ2n) is 6.10. The first-order valence-corrected chi connectivity index (χ1v) is 9.29. The maximum absolute atomic E-state index is 12.4. The van der Waals surface area contributed by atoms with E-state index in [1.165, 1.54) is 16.9 Å². The van der Waals surface area contributed by atoms with Crippen LogP contribution in [0.25, 0.3) is 10.2 Å². The first kappa shape index (κ1) is 17.1. The van der Waals surface area contributed by atoms with Gasteiger partial charge < -0.3 is 15.0 Å². The highest BCUT2D eigenvalue weighted by atomic mass is 32.1. The van der Waals surface area contributed by atoms with Crippen LogP contribution >= 0.6 is 11.3 Å². The van der Waals surface area contributed by atoms with Crippen LogP contribution in [-0.2, 0) is 28.8 Å². The van der Waals surface area contributed by atoms with Crippen molar-refractivity contribution in [2.75, 3.05) is 20.3 Å². The van der Waals surface area contributed by atoms with E-state index in [2.05, 4.69) is 15.3 Å². The number of aromatic nitrogens is 2. The number of hydrogen-bond acceptors (Lipinski definition) is 5. The highest BCUT2D eigenvalue weighted by Crippen LogP contribution is 2.33. The number of carbonyl (C=O) groups is 1. The van der Waals surface area contributed by atoms with Gasteiger partial charge in [0.25, 0.3) is 5.56 Å². The van der Waals surface area contributed by atoms with Crippen molar-refractivity contribution < 1.29 is 9.53 Å². The molecular weight excluding hydrogens is 326 g/mol. The van der Waals surface area contributed by atoms with E-state index in [1.807, 2.05) is 0 Å². The summed E-state index contributed by atoms with van der Waals surface area (Å²) in [6.07, 6.45) is 5.93. The molecule has 0 aliphatic heterocycles. The van der Waals surface area contributed by atoms with E-state index in [0.717, 1.165) is 35.9 Å². The number of rotatable bonds is 7. The fraction of sp³-hybridized carbons (Fsp3) is 0.588. The van der Waals surface area contributed by atoms with Gasteiger partial charge in [-0.05, 0) is 37.7 Å². The van der Waals surface area contributed by atoms with Crippen LogP contribution in [-0.4, -0.2) is 36.1 Å². The number of aromatic amines is 1. The Morgan fingerprint density at radius 2 is 2.21 bits per heavy atom. The largest absolute Gasteiger partial charge is 0.385 e. The number of fused-ring (bicyclic) bond motifs is 3. The molecule has 0 spiro atoms. The first-order valence-electron chi connectivity index (χ1n) is 8.48. The first-order chi connectivity index (χ1) is 11.7. The molecule has 0 radical (unpaired) electrons. The molecule has 2 aromatic heterocycles. The molecule has 0 bridgehead atoms. The number of H-pyrrole nitrogens is 1. The Morgan fingerprint density at radius 1 is 1.38 bits per heavy atom. The number of nitrogens with one attached hydrogen (secondary N) is 2. The minimum atomic E-state index is -0.0603. The van der Waals surface area contributed by atoms with Crippen LogP contribution < -0.4 is 10.9 Å². The van der Waals surface area contributed by atoms with Crippen LogP contribution in [0, 0.1) is 0 Å². The van der Waals surface area contributed by atoms with Gasteiger partial charge in [0.2, 0.25) is 5.91 Å². The third-order valence-electron chi connectivity index (χ3n) is 4.31. The fourth-order valence-electron chi connectivity index (χ4n) is 3.09. The maximum Gasteiger partial charge on any atom is 0.259 e. The molecule has 3 rings (SSSR count). The molecule has 1 aliphatic carbocycles. The molecule has 0 saturated carbocycles. The topological polar surface area (TPSA) is 84.1 Å². The van der Waals surface area contributed by atoms with Crippen molar-refractivity contribution in [1.82, 2.24) is 15.3 Å². The van der Waals surface area contributed by atoms with Crippen LogP contribution in [0.15, 0.2) is 4.79 Å². The molecule has 2 N–H and O–H groups in total. The normalized spacial score (nSPS) is 13.9. The minimum absolute atomic E-state index is 0.0284. The number of nitrogens with zero attached hydrogens (tertiary/aromatic N) is 1. The van der Waals surface area contributed by atoms with Crippen molar-refractivity contribution in [3.05, 3.63) is 26.6 Å². The van der Waals surface area contributed by atoms with Crippen LogP contribution in [0.3, 0.4) is 0 Å². The Hall–Kier alpha value is -1.73. The van der Waals surface area contributed by atoms with Gasteiger partial charge in [-0.2, -0.15) is 0 Å². The predicted octanol–water partition coefficient (Wildman–Crippen LogP) is 1.95. The Kier molecular flexibility index (Phi) is 5.63. The molecular formula is C17H23N3O3S. The molecule has 0 fully saturated rings. The zero-order valence-electron chi connectivity index (χ0n) is 13.9. The van der Waals surface area contributed by atoms with Crippen molar-refractivity contribution in [2.24, 2.45) is 0 Å². The summed E-state index contributed by atoms with van der Waals surface area (Å²) in [4.78, 5) is 33.8. The number of methoxy groups -OCH3 is 1. The molecule has 0 atom stereocenters. The van der Waals surface area contributed by atoms with Crippen molar-refractivity contribution in [3.8, 4) is 0 Å². The lowest BCUT2D eigenvalue weighted by Gasteiger charge is -2.09. The van der Waals surface area contributed by atoms with E-state index >= 15 is 0 Å². The number of aryl methyl sites for hydroxylation is 3. The molecule has 1 aliphatic rings. The highest BCUT2D eigenvalue weighted by Gasteiger charge is 2.19. The Balaban J connectivity index is 1.65. The molecule has 0 aromatic carbocycles. The summed E-state index contributed by atoms with van der Waals surface area (Å²) in [7, 11) is 1.64. The summed E-state index contributed by atoms with van der Waals surface area (Å²) in [6.45, 7) is 1.24. The highest BCUT2D eigenvalue weighted by molar-refractivity contribution is 7.18. The van der Waals surface area contributed by atoms with Crippen molar-refractivity contribution >= 4 is 27.5 Å². The van der Waals surface area contributed by atoms with Gasteiger partial charge in [0.15, 0.2) is 0 Å². The maximum atomic E-state index is 12.4. The van der Waals surface area contributed by atoms with Gasteiger partial charge in [0, 0.05) is 38.0 Å². The number of hydrogen-bond donors (Lipinski definition) is 2. The molecule has 130 valence electrons. The Morgan fingerprint density at radius 3 is 3.04 bits per heavy atom. The Labute approximate surface area is 144 Å². The molecule has 1 amide bonds. The number of carbonyl (C=O) groups excluding carboxylic acids is 1. The molecule has 0 saturated heterocycles. The van der Waals surface area contributed by atoms with E-state index in [0.29, 0.717) is 31.8 Å². The standard InChI is InChI=1S/C17H23N3O3S/c1-23-10-4-9-18-14(21)8-7-13-19-16(22)15-11-5-2-3-6-12(11)24-17(15)20-13/h2-10H2,1H3,(H,18,21)(H,19,20,22). The van der Waals surface area contributed by atoms with Crippen molar-refractivity contribution in [2.45, 2.75) is 44.9 Å². The quantitative estimate of drug-likeness (QED) is 0.748. The molecule has 2 aromatic rings. The summed E-state index contributed by atoms with van der Waals surface area (Å²) in [5, 5.41) is 3.61. The summed E-state index contributed by atoms with van der Waals surface area (Å²) >= 11 is 1.64. The van der Waals surface area contributed by atoms with E-state index in [4.69, 9.17) is 4.74 Å². The van der Waals surface area contributed by atoms with Gasteiger partial charge in [-0.1, -0.05) is 0 Å². The van der Waals surface area contributed by atoms with E-state index in [-0.39, 0.29) is 11.5 Å². The van der Waals surface area contributed by atoms with Crippen LogP contribution in [0.1, 0.15) is 41.9 Å². The third kappa shape index (κ3) is 3.84. The third-order valence-corrected chi connectivity index (χ3v) is 5.50. The lowest BCUT2D eigenvalue weighted by Crippen LogP contribution is -2.26. The Bertz CT molecular complexity index is 781.